The zero-order valence-corrected chi connectivity index (χ0v) is 38.8. The van der Waals surface area contributed by atoms with E-state index in [1.54, 1.807) is 0 Å². The third-order valence-electron chi connectivity index (χ3n) is 15.0. The lowest BCUT2D eigenvalue weighted by atomic mass is 9.67. The molecule has 0 unspecified atom stereocenters. The van der Waals surface area contributed by atoms with Crippen molar-refractivity contribution in [3.05, 3.63) is 289 Å². The molecule has 0 amide bonds. The first-order chi connectivity index (χ1) is 35.2. The summed E-state index contributed by atoms with van der Waals surface area (Å²) in [6, 6.07) is 97.3. The van der Waals surface area contributed by atoms with Crippen molar-refractivity contribution >= 4 is 43.1 Å². The largest absolute Gasteiger partial charge is 0.228 e. The van der Waals surface area contributed by atoms with Crippen LogP contribution in [-0.2, 0) is 5.41 Å². The summed E-state index contributed by atoms with van der Waals surface area (Å²) in [5.41, 5.74) is 16.7. The molecular weight excluding hydrogens is 857 g/mol. The molecule has 1 aromatic heterocycles. The number of hydrogen-bond donors (Lipinski definition) is 0. The van der Waals surface area contributed by atoms with E-state index in [1.165, 1.54) is 93.3 Å². The standard InChI is InChI=1S/C69H44N2/c1-5-22-46(23-6-1)65-57-34-17-18-35-58(57)67(66-51-30-14-13-21-45(51)37-40-60(65)66)59-42-41-56(52-31-15-16-32-53(52)59)64-44-63(70-68(71-64)47-24-7-2-8-25-47)48-38-39-55-54-33-19-20-36-61(54)69(62(55)43-48,49-26-9-3-10-27-49)50-28-11-4-12-29-50/h1-44H. The second-order valence-electron chi connectivity index (χ2n) is 18.7. The topological polar surface area (TPSA) is 25.8 Å². The van der Waals surface area contributed by atoms with Gasteiger partial charge in [-0.15, -0.1) is 0 Å². The van der Waals surface area contributed by atoms with Gasteiger partial charge in [-0.25, -0.2) is 9.97 Å². The van der Waals surface area contributed by atoms with Gasteiger partial charge in [0.15, 0.2) is 5.82 Å². The van der Waals surface area contributed by atoms with Crippen LogP contribution in [0.5, 0.6) is 0 Å². The first-order valence-corrected chi connectivity index (χ1v) is 24.5. The van der Waals surface area contributed by atoms with E-state index in [0.717, 1.165) is 33.5 Å². The molecule has 1 aliphatic carbocycles. The lowest BCUT2D eigenvalue weighted by Gasteiger charge is -2.34. The van der Waals surface area contributed by atoms with E-state index in [9.17, 15) is 0 Å². The van der Waals surface area contributed by atoms with E-state index in [0.29, 0.717) is 5.82 Å². The molecule has 2 heteroatoms. The van der Waals surface area contributed by atoms with Crippen LogP contribution in [0.4, 0.5) is 0 Å². The molecule has 2 nitrogen and oxygen atoms in total. The Labute approximate surface area is 412 Å². The van der Waals surface area contributed by atoms with Crippen LogP contribution >= 0.6 is 0 Å². The van der Waals surface area contributed by atoms with E-state index in [2.05, 4.69) is 267 Å². The van der Waals surface area contributed by atoms with Crippen LogP contribution in [0, 0.1) is 0 Å². The van der Waals surface area contributed by atoms with Crippen LogP contribution in [0.1, 0.15) is 22.3 Å². The number of fused-ring (bicyclic) bond motifs is 8. The number of rotatable bonds is 7. The van der Waals surface area contributed by atoms with Gasteiger partial charge in [0.05, 0.1) is 16.8 Å². The molecule has 0 N–H and O–H groups in total. The van der Waals surface area contributed by atoms with Crippen LogP contribution in [0.25, 0.3) is 110 Å². The van der Waals surface area contributed by atoms with Crippen molar-refractivity contribution in [3.63, 3.8) is 0 Å². The number of benzene rings is 12. The quantitative estimate of drug-likeness (QED) is 0.118. The first kappa shape index (κ1) is 40.8. The predicted molar refractivity (Wildman–Crippen MR) is 297 cm³/mol. The minimum atomic E-state index is -0.534. The summed E-state index contributed by atoms with van der Waals surface area (Å²) in [4.78, 5) is 10.9. The van der Waals surface area contributed by atoms with E-state index in [4.69, 9.17) is 9.97 Å². The second-order valence-corrected chi connectivity index (χ2v) is 18.7. The smallest absolute Gasteiger partial charge is 0.160 e. The zero-order valence-electron chi connectivity index (χ0n) is 38.8. The van der Waals surface area contributed by atoms with Crippen molar-refractivity contribution < 1.29 is 0 Å². The lowest BCUT2D eigenvalue weighted by Crippen LogP contribution is -2.28. The molecule has 330 valence electrons. The summed E-state index contributed by atoms with van der Waals surface area (Å²) in [7, 11) is 0. The van der Waals surface area contributed by atoms with Crippen molar-refractivity contribution in [1.29, 1.82) is 0 Å². The van der Waals surface area contributed by atoms with Crippen LogP contribution in [0.15, 0.2) is 267 Å². The maximum Gasteiger partial charge on any atom is 0.160 e. The van der Waals surface area contributed by atoms with Crippen molar-refractivity contribution in [2.45, 2.75) is 5.41 Å². The van der Waals surface area contributed by atoms with Gasteiger partial charge in [0.1, 0.15) is 0 Å². The molecule has 0 spiro atoms. The van der Waals surface area contributed by atoms with Gasteiger partial charge in [-0.2, -0.15) is 0 Å². The van der Waals surface area contributed by atoms with Crippen molar-refractivity contribution in [2.75, 3.05) is 0 Å². The van der Waals surface area contributed by atoms with Gasteiger partial charge in [-0.3, -0.25) is 0 Å². The number of hydrogen-bond acceptors (Lipinski definition) is 2. The average molecular weight is 901 g/mol. The normalized spacial score (nSPS) is 12.6. The van der Waals surface area contributed by atoms with Gasteiger partial charge in [-0.05, 0) is 111 Å². The maximum absolute atomic E-state index is 5.46. The molecule has 13 aromatic rings. The lowest BCUT2D eigenvalue weighted by molar-refractivity contribution is 0.768. The third kappa shape index (κ3) is 6.35. The summed E-state index contributed by atoms with van der Waals surface area (Å²) >= 11 is 0. The number of nitrogens with zero attached hydrogens (tertiary/aromatic N) is 2. The second kappa shape index (κ2) is 16.5. The van der Waals surface area contributed by atoms with E-state index < -0.39 is 5.41 Å². The van der Waals surface area contributed by atoms with Crippen molar-refractivity contribution in [1.82, 2.24) is 9.97 Å². The minimum absolute atomic E-state index is 0.534. The van der Waals surface area contributed by atoms with Crippen molar-refractivity contribution in [2.24, 2.45) is 0 Å². The Bertz CT molecular complexity index is 4160. The minimum Gasteiger partial charge on any atom is -0.228 e. The molecule has 1 aliphatic rings. The fourth-order valence-electron chi connectivity index (χ4n) is 11.9. The van der Waals surface area contributed by atoms with Crippen molar-refractivity contribution in [3.8, 4) is 67.3 Å². The fraction of sp³-hybridized carbons (Fsp3) is 0.0145. The van der Waals surface area contributed by atoms with E-state index in [1.807, 2.05) is 0 Å². The fourth-order valence-corrected chi connectivity index (χ4v) is 11.9. The van der Waals surface area contributed by atoms with Gasteiger partial charge >= 0.3 is 0 Å². The summed E-state index contributed by atoms with van der Waals surface area (Å²) in [5, 5.41) is 9.73. The molecule has 12 aromatic carbocycles. The van der Waals surface area contributed by atoms with Crippen LogP contribution in [0.3, 0.4) is 0 Å². The zero-order chi connectivity index (χ0) is 46.9. The summed E-state index contributed by atoms with van der Waals surface area (Å²) < 4.78 is 0. The average Bonchev–Trinajstić information content (AvgIpc) is 3.75. The highest BCUT2D eigenvalue weighted by Crippen LogP contribution is 2.57. The highest BCUT2D eigenvalue weighted by Gasteiger charge is 2.46. The third-order valence-corrected chi connectivity index (χ3v) is 15.0. The highest BCUT2D eigenvalue weighted by atomic mass is 14.9. The monoisotopic (exact) mass is 900 g/mol. The van der Waals surface area contributed by atoms with E-state index >= 15 is 0 Å². The number of aromatic nitrogens is 2. The Balaban J connectivity index is 1.01. The van der Waals surface area contributed by atoms with Gasteiger partial charge < -0.3 is 0 Å². The Morgan fingerprint density at radius 2 is 0.775 bits per heavy atom. The summed E-state index contributed by atoms with van der Waals surface area (Å²) in [5.74, 6) is 0.687. The van der Waals surface area contributed by atoms with Crippen LogP contribution in [0.2, 0.25) is 0 Å². The molecule has 14 rings (SSSR count). The molecule has 0 saturated heterocycles. The van der Waals surface area contributed by atoms with Gasteiger partial charge in [0.2, 0.25) is 0 Å². The van der Waals surface area contributed by atoms with Gasteiger partial charge in [0, 0.05) is 16.7 Å². The molecule has 0 bridgehead atoms. The maximum atomic E-state index is 5.46. The van der Waals surface area contributed by atoms with E-state index in [-0.39, 0.29) is 0 Å². The molecule has 71 heavy (non-hydrogen) atoms. The molecule has 0 aliphatic heterocycles. The van der Waals surface area contributed by atoms with Crippen LogP contribution < -0.4 is 0 Å². The Morgan fingerprint density at radius 3 is 1.48 bits per heavy atom. The summed E-state index contributed by atoms with van der Waals surface area (Å²) in [6.07, 6.45) is 0. The Morgan fingerprint density at radius 1 is 0.268 bits per heavy atom. The van der Waals surface area contributed by atoms with Gasteiger partial charge in [0.25, 0.3) is 0 Å². The van der Waals surface area contributed by atoms with Crippen LogP contribution in [-0.4, -0.2) is 9.97 Å². The molecule has 0 saturated carbocycles. The highest BCUT2D eigenvalue weighted by molar-refractivity contribution is 6.29. The van der Waals surface area contributed by atoms with Gasteiger partial charge in [-0.1, -0.05) is 255 Å². The molecule has 0 fully saturated rings. The molecule has 0 radical (unpaired) electrons. The SMILES string of the molecule is c1ccc(-c2nc(-c3ccc4c(c3)C(c3ccccc3)(c3ccccc3)c3ccccc3-4)cc(-c3ccc(-c4c5ccccc5c(-c5ccccc5)c5ccc6ccccc6c45)c4ccccc34)n2)cc1. The summed E-state index contributed by atoms with van der Waals surface area (Å²) in [6.45, 7) is 0. The molecule has 1 heterocycles. The first-order valence-electron chi connectivity index (χ1n) is 24.5. The molecular formula is C69H44N2. The Hall–Kier alpha value is -9.24. The predicted octanol–water partition coefficient (Wildman–Crippen LogP) is 17.8. The Kier molecular flexibility index (Phi) is 9.47. The molecule has 0 atom stereocenters.